The molecule has 0 spiro atoms. The van der Waals surface area contributed by atoms with E-state index in [-0.39, 0.29) is 5.57 Å². The highest BCUT2D eigenvalue weighted by molar-refractivity contribution is 6.45. The Hall–Kier alpha value is -3.44. The molecule has 0 radical (unpaired) electrons. The molecule has 2 amide bonds. The number of hydrogen-bond donors (Lipinski definition) is 0. The van der Waals surface area contributed by atoms with Gasteiger partial charge in [0.25, 0.3) is 11.8 Å². The number of amides is 2. The van der Waals surface area contributed by atoms with E-state index in [1.807, 2.05) is 42.2 Å². The van der Waals surface area contributed by atoms with E-state index in [2.05, 4.69) is 0 Å². The third-order valence-corrected chi connectivity index (χ3v) is 5.74. The molecule has 1 aliphatic heterocycles. The van der Waals surface area contributed by atoms with Gasteiger partial charge in [-0.1, -0.05) is 54.1 Å². The first-order valence-corrected chi connectivity index (χ1v) is 10.7. The summed E-state index contributed by atoms with van der Waals surface area (Å²) >= 11 is 6.09. The molecule has 0 atom stereocenters. The van der Waals surface area contributed by atoms with Gasteiger partial charge >= 0.3 is 0 Å². The lowest BCUT2D eigenvalue weighted by Gasteiger charge is -2.25. The summed E-state index contributed by atoms with van der Waals surface area (Å²) in [5.74, 6) is -1.25. The number of anilines is 1. The Balaban J connectivity index is 1.85. The molecule has 0 bridgehead atoms. The van der Waals surface area contributed by atoms with Gasteiger partial charge in [0.1, 0.15) is 11.5 Å². The number of carbonyl (C=O) groups excluding carboxylic acids is 2. The lowest BCUT2D eigenvalue weighted by Crippen LogP contribution is -2.35. The van der Waals surface area contributed by atoms with Crippen LogP contribution < -0.4 is 4.90 Å². The van der Waals surface area contributed by atoms with E-state index in [1.165, 1.54) is 29.2 Å². The van der Waals surface area contributed by atoms with Gasteiger partial charge in [-0.05, 0) is 60.9 Å². The minimum atomic E-state index is -0.437. The molecular weight excluding hydrogens is 427 g/mol. The summed E-state index contributed by atoms with van der Waals surface area (Å²) < 4.78 is 13.6. The molecule has 3 aromatic carbocycles. The average molecular weight is 449 g/mol. The number of imide groups is 1. The zero-order valence-corrected chi connectivity index (χ0v) is 18.6. The number of rotatable bonds is 6. The fourth-order valence-corrected chi connectivity index (χ4v) is 4.16. The van der Waals surface area contributed by atoms with Gasteiger partial charge in [-0.3, -0.25) is 9.59 Å². The van der Waals surface area contributed by atoms with E-state index in [1.54, 1.807) is 25.1 Å². The maximum Gasteiger partial charge on any atom is 0.282 e. The van der Waals surface area contributed by atoms with Crippen LogP contribution in [0.4, 0.5) is 10.1 Å². The van der Waals surface area contributed by atoms with Gasteiger partial charge < -0.3 is 4.90 Å². The van der Waals surface area contributed by atoms with Crippen molar-refractivity contribution in [3.05, 3.63) is 106 Å². The monoisotopic (exact) mass is 448 g/mol. The highest BCUT2D eigenvalue weighted by Gasteiger charge is 2.42. The number of aryl methyl sites for hydroxylation is 1. The molecule has 3 aromatic rings. The van der Waals surface area contributed by atoms with Crippen molar-refractivity contribution >= 4 is 34.7 Å². The number of benzene rings is 3. The van der Waals surface area contributed by atoms with E-state index in [0.717, 1.165) is 5.56 Å². The molecule has 4 nitrogen and oxygen atoms in total. The average Bonchev–Trinajstić information content (AvgIpc) is 3.04. The minimum Gasteiger partial charge on any atom is -0.362 e. The van der Waals surface area contributed by atoms with Gasteiger partial charge in [0.2, 0.25) is 0 Å². The molecular formula is C26H22ClFN2O2. The summed E-state index contributed by atoms with van der Waals surface area (Å²) in [5.41, 5.74) is 3.28. The maximum atomic E-state index is 13.7. The second-order valence-electron chi connectivity index (χ2n) is 7.61. The largest absolute Gasteiger partial charge is 0.362 e. The first-order valence-electron chi connectivity index (χ1n) is 10.3. The molecule has 1 aliphatic rings. The van der Waals surface area contributed by atoms with Gasteiger partial charge in [0.05, 0.1) is 11.3 Å². The second-order valence-corrected chi connectivity index (χ2v) is 8.04. The highest BCUT2D eigenvalue weighted by atomic mass is 35.5. The minimum absolute atomic E-state index is 0.266. The Labute approximate surface area is 191 Å². The summed E-state index contributed by atoms with van der Waals surface area (Å²) in [6.07, 6.45) is 0. The van der Waals surface area contributed by atoms with Crippen LogP contribution in [0.2, 0.25) is 5.02 Å². The summed E-state index contributed by atoms with van der Waals surface area (Å²) in [5, 5.41) is 0.525. The standard InChI is InChI=1S/C26H22ClFN2O2/c1-3-29(16-18-7-5-4-6-8-18)24-23(19-9-12-21(28)13-10-19)25(31)30(26(24)32)22-14-11-20(27)15-17(22)2/h4-15H,3,16H2,1-2H3. The van der Waals surface area contributed by atoms with Crippen LogP contribution >= 0.6 is 11.6 Å². The molecule has 1 heterocycles. The van der Waals surface area contributed by atoms with Gasteiger partial charge in [-0.2, -0.15) is 0 Å². The first-order chi connectivity index (χ1) is 15.4. The van der Waals surface area contributed by atoms with E-state index >= 15 is 0 Å². The van der Waals surface area contributed by atoms with Crippen molar-refractivity contribution in [3.8, 4) is 0 Å². The summed E-state index contributed by atoms with van der Waals surface area (Å²) in [6, 6.07) is 20.4. The summed E-state index contributed by atoms with van der Waals surface area (Å²) in [6.45, 7) is 4.72. The number of halogens is 2. The first kappa shape index (κ1) is 21.8. The Morgan fingerprint density at radius 2 is 1.62 bits per heavy atom. The van der Waals surface area contributed by atoms with Crippen LogP contribution in [0.25, 0.3) is 5.57 Å². The molecule has 0 aliphatic carbocycles. The molecule has 4 rings (SSSR count). The normalized spacial score (nSPS) is 13.8. The zero-order chi connectivity index (χ0) is 22.8. The number of hydrogen-bond acceptors (Lipinski definition) is 3. The molecule has 0 aromatic heterocycles. The topological polar surface area (TPSA) is 40.6 Å². The number of likely N-dealkylation sites (N-methyl/N-ethyl adjacent to an activating group) is 1. The summed E-state index contributed by atoms with van der Waals surface area (Å²) in [7, 11) is 0. The van der Waals surface area contributed by atoms with Crippen LogP contribution in [0.1, 0.15) is 23.6 Å². The predicted molar refractivity (Wildman–Crippen MR) is 125 cm³/mol. The molecule has 6 heteroatoms. The number of nitrogens with zero attached hydrogens (tertiary/aromatic N) is 2. The highest BCUT2D eigenvalue weighted by Crippen LogP contribution is 2.37. The van der Waals surface area contributed by atoms with Gasteiger partial charge in [0.15, 0.2) is 0 Å². The lowest BCUT2D eigenvalue weighted by molar-refractivity contribution is -0.120. The number of carbonyl (C=O) groups is 2. The van der Waals surface area contributed by atoms with Gasteiger partial charge in [-0.15, -0.1) is 0 Å². The Kier molecular flexibility index (Phi) is 6.10. The third-order valence-electron chi connectivity index (χ3n) is 5.51. The van der Waals surface area contributed by atoms with E-state index in [4.69, 9.17) is 11.6 Å². The third kappa shape index (κ3) is 4.04. The van der Waals surface area contributed by atoms with Crippen molar-refractivity contribution in [2.75, 3.05) is 11.4 Å². The maximum absolute atomic E-state index is 13.7. The van der Waals surface area contributed by atoms with Gasteiger partial charge in [0, 0.05) is 18.1 Å². The van der Waals surface area contributed by atoms with Gasteiger partial charge in [-0.25, -0.2) is 9.29 Å². The van der Waals surface area contributed by atoms with E-state index < -0.39 is 17.6 Å². The SMILES string of the molecule is CCN(Cc1ccccc1)C1=C(c2ccc(F)cc2)C(=O)N(c2ccc(Cl)cc2C)C1=O. The lowest BCUT2D eigenvalue weighted by atomic mass is 10.0. The van der Waals surface area contributed by atoms with Crippen molar-refractivity contribution in [2.24, 2.45) is 0 Å². The van der Waals surface area contributed by atoms with Crippen molar-refractivity contribution in [1.82, 2.24) is 4.90 Å². The molecule has 162 valence electrons. The van der Waals surface area contributed by atoms with Crippen molar-refractivity contribution in [1.29, 1.82) is 0 Å². The molecule has 0 fully saturated rings. The van der Waals surface area contributed by atoms with Crippen LogP contribution in [0.5, 0.6) is 0 Å². The zero-order valence-electron chi connectivity index (χ0n) is 17.8. The second kappa shape index (κ2) is 8.97. The Morgan fingerprint density at radius 1 is 0.938 bits per heavy atom. The smallest absolute Gasteiger partial charge is 0.282 e. The quantitative estimate of drug-likeness (QED) is 0.461. The van der Waals surface area contributed by atoms with Crippen LogP contribution in [-0.2, 0) is 16.1 Å². The molecule has 0 saturated carbocycles. The molecule has 0 N–H and O–H groups in total. The van der Waals surface area contributed by atoms with Crippen LogP contribution in [-0.4, -0.2) is 23.3 Å². The molecule has 0 unspecified atom stereocenters. The Bertz CT molecular complexity index is 1210. The molecule has 0 saturated heterocycles. The van der Waals surface area contributed by atoms with Crippen LogP contribution in [0.15, 0.2) is 78.5 Å². The summed E-state index contributed by atoms with van der Waals surface area (Å²) in [4.78, 5) is 30.4. The van der Waals surface area contributed by atoms with Crippen LogP contribution in [0, 0.1) is 12.7 Å². The van der Waals surface area contributed by atoms with E-state index in [0.29, 0.717) is 40.6 Å². The van der Waals surface area contributed by atoms with Crippen molar-refractivity contribution in [2.45, 2.75) is 20.4 Å². The van der Waals surface area contributed by atoms with Crippen LogP contribution in [0.3, 0.4) is 0 Å². The predicted octanol–water partition coefficient (Wildman–Crippen LogP) is 5.59. The van der Waals surface area contributed by atoms with E-state index in [9.17, 15) is 14.0 Å². The Morgan fingerprint density at radius 3 is 2.25 bits per heavy atom. The molecule has 32 heavy (non-hydrogen) atoms. The fourth-order valence-electron chi connectivity index (χ4n) is 3.93. The van der Waals surface area contributed by atoms with Crippen molar-refractivity contribution < 1.29 is 14.0 Å². The van der Waals surface area contributed by atoms with Crippen molar-refractivity contribution in [3.63, 3.8) is 0 Å². The fraction of sp³-hybridized carbons (Fsp3) is 0.154.